The predicted molar refractivity (Wildman–Crippen MR) is 130 cm³/mol. The van der Waals surface area contributed by atoms with E-state index in [1.165, 1.54) is 6.92 Å². The molecular formula is C25H30ClN3O5. The van der Waals surface area contributed by atoms with Crippen LogP contribution < -0.4 is 15.5 Å². The maximum atomic E-state index is 13.6. The van der Waals surface area contributed by atoms with Crippen LogP contribution in [0.25, 0.3) is 0 Å². The van der Waals surface area contributed by atoms with Crippen molar-refractivity contribution in [3.63, 3.8) is 0 Å². The maximum Gasteiger partial charge on any atom is 0.404 e. The first kappa shape index (κ1) is 25.5. The molecule has 3 amide bonds. The minimum absolute atomic E-state index is 0.142. The van der Waals surface area contributed by atoms with Crippen LogP contribution in [0.4, 0.5) is 10.5 Å². The Morgan fingerprint density at radius 1 is 1.15 bits per heavy atom. The van der Waals surface area contributed by atoms with Gasteiger partial charge < -0.3 is 25.4 Å². The van der Waals surface area contributed by atoms with Crippen LogP contribution in [0, 0.1) is 5.41 Å². The van der Waals surface area contributed by atoms with Gasteiger partial charge in [-0.15, -0.1) is 0 Å². The normalized spacial score (nSPS) is 18.1. The second-order valence-corrected chi connectivity index (χ2v) is 9.97. The van der Waals surface area contributed by atoms with Gasteiger partial charge in [0.2, 0.25) is 5.91 Å². The van der Waals surface area contributed by atoms with Crippen LogP contribution in [0.2, 0.25) is 5.02 Å². The van der Waals surface area contributed by atoms with Gasteiger partial charge in [-0.2, -0.15) is 0 Å². The molecule has 2 unspecified atom stereocenters. The van der Waals surface area contributed by atoms with Crippen LogP contribution in [0.15, 0.2) is 42.5 Å². The first-order valence-corrected chi connectivity index (χ1v) is 11.4. The summed E-state index contributed by atoms with van der Waals surface area (Å²) in [4.78, 5) is 37.8. The van der Waals surface area contributed by atoms with E-state index in [9.17, 15) is 14.4 Å². The lowest BCUT2D eigenvalue weighted by Gasteiger charge is -2.31. The molecule has 0 spiro atoms. The van der Waals surface area contributed by atoms with Crippen molar-refractivity contribution in [2.45, 2.75) is 46.4 Å². The molecule has 0 aromatic heterocycles. The van der Waals surface area contributed by atoms with Crippen molar-refractivity contribution in [2.24, 2.45) is 5.41 Å². The van der Waals surface area contributed by atoms with E-state index < -0.39 is 18.3 Å². The van der Waals surface area contributed by atoms with Crippen molar-refractivity contribution in [3.05, 3.63) is 64.2 Å². The molecule has 2 aromatic rings. The quantitative estimate of drug-likeness (QED) is 0.568. The zero-order chi connectivity index (χ0) is 25.0. The number of benzene rings is 2. The number of hydrogen-bond donors (Lipinski definition) is 3. The van der Waals surface area contributed by atoms with E-state index in [0.29, 0.717) is 29.4 Å². The average Bonchev–Trinajstić information content (AvgIpc) is 2.85. The van der Waals surface area contributed by atoms with Gasteiger partial charge in [-0.05, 0) is 34.7 Å². The fourth-order valence-corrected chi connectivity index (χ4v) is 4.05. The molecule has 3 rings (SSSR count). The second kappa shape index (κ2) is 10.4. The Balaban J connectivity index is 2.11. The summed E-state index contributed by atoms with van der Waals surface area (Å²) in [5.41, 5.74) is 2.77. The summed E-state index contributed by atoms with van der Waals surface area (Å²) in [7, 11) is 0. The smallest absolute Gasteiger partial charge is 0.404 e. The summed E-state index contributed by atoms with van der Waals surface area (Å²) in [5, 5.41) is 14.7. The summed E-state index contributed by atoms with van der Waals surface area (Å²) in [6.07, 6.45) is -2.97. The number of carboxylic acid groups (broad SMARTS) is 1. The number of fused-ring (bicyclic) bond motifs is 1. The molecule has 3 N–H and O–H groups in total. The van der Waals surface area contributed by atoms with E-state index in [1.54, 1.807) is 23.1 Å². The summed E-state index contributed by atoms with van der Waals surface area (Å²) in [5.74, 6) is -0.472. The highest BCUT2D eigenvalue weighted by Gasteiger charge is 2.38. The highest BCUT2D eigenvalue weighted by molar-refractivity contribution is 6.30. The third-order valence-electron chi connectivity index (χ3n) is 5.27. The molecule has 0 saturated heterocycles. The van der Waals surface area contributed by atoms with Gasteiger partial charge in [0.05, 0.1) is 6.54 Å². The zero-order valence-corrected chi connectivity index (χ0v) is 20.5. The fraction of sp³-hybridized carbons (Fsp3) is 0.400. The number of rotatable bonds is 6. The molecule has 1 aliphatic heterocycles. The summed E-state index contributed by atoms with van der Waals surface area (Å²) >= 11 is 6.36. The summed E-state index contributed by atoms with van der Waals surface area (Å²) < 4.78 is 6.30. The number of nitrogens with zero attached hydrogens (tertiary/aromatic N) is 1. The number of anilines is 1. The Labute approximate surface area is 204 Å². The lowest BCUT2D eigenvalue weighted by atomic mass is 9.94. The molecule has 0 fully saturated rings. The van der Waals surface area contributed by atoms with Crippen LogP contribution in [-0.2, 0) is 20.9 Å². The van der Waals surface area contributed by atoms with E-state index in [1.807, 2.05) is 45.0 Å². The minimum atomic E-state index is -1.24. The highest BCUT2D eigenvalue weighted by atomic mass is 35.5. The van der Waals surface area contributed by atoms with E-state index in [-0.39, 0.29) is 23.8 Å². The van der Waals surface area contributed by atoms with Crippen LogP contribution in [-0.4, -0.2) is 42.2 Å². The molecule has 0 bridgehead atoms. The van der Waals surface area contributed by atoms with Gasteiger partial charge >= 0.3 is 6.09 Å². The molecule has 8 nitrogen and oxygen atoms in total. The van der Waals surface area contributed by atoms with E-state index >= 15 is 0 Å². The van der Waals surface area contributed by atoms with Gasteiger partial charge in [-0.25, -0.2) is 4.79 Å². The largest absolute Gasteiger partial charge is 0.465 e. The number of nitrogens with one attached hydrogen (secondary N) is 2. The average molecular weight is 488 g/mol. The first-order valence-electron chi connectivity index (χ1n) is 11.0. The van der Waals surface area contributed by atoms with Crippen molar-refractivity contribution in [1.29, 1.82) is 0 Å². The van der Waals surface area contributed by atoms with Crippen molar-refractivity contribution in [1.82, 2.24) is 10.6 Å². The van der Waals surface area contributed by atoms with E-state index in [0.717, 1.165) is 11.1 Å². The maximum absolute atomic E-state index is 13.6. The topological polar surface area (TPSA) is 108 Å². The van der Waals surface area contributed by atoms with Gasteiger partial charge in [0.15, 0.2) is 6.10 Å². The van der Waals surface area contributed by atoms with Crippen LogP contribution in [0.1, 0.15) is 50.5 Å². The standard InChI is InChI=1S/C25H30ClN3O5/c1-15(30)27-12-16-6-5-7-17(10-16)22-19-11-18(26)8-9-20(19)29(14-25(2,3)4)23(31)21(34-22)13-28-24(32)33/h5-11,21-22,28H,12-14H2,1-4H3,(H,27,30)(H,32,33). The zero-order valence-electron chi connectivity index (χ0n) is 19.7. The Morgan fingerprint density at radius 2 is 1.88 bits per heavy atom. The van der Waals surface area contributed by atoms with Crippen LogP contribution >= 0.6 is 11.6 Å². The van der Waals surface area contributed by atoms with E-state index in [4.69, 9.17) is 21.4 Å². The molecule has 9 heteroatoms. The Kier molecular flexibility index (Phi) is 7.84. The molecule has 0 aliphatic carbocycles. The van der Waals surface area contributed by atoms with Gasteiger partial charge in [-0.3, -0.25) is 9.59 Å². The SMILES string of the molecule is CC(=O)NCc1cccc(C2OC(CNC(=O)O)C(=O)N(CC(C)(C)C)c3ccc(Cl)cc32)c1. The monoisotopic (exact) mass is 487 g/mol. The van der Waals surface area contributed by atoms with Gasteiger partial charge in [0.25, 0.3) is 5.91 Å². The molecule has 1 heterocycles. The number of amides is 3. The molecule has 2 atom stereocenters. The first-order chi connectivity index (χ1) is 15.9. The van der Waals surface area contributed by atoms with Crippen LogP contribution in [0.3, 0.4) is 0 Å². The molecule has 182 valence electrons. The summed E-state index contributed by atoms with van der Waals surface area (Å²) in [6, 6.07) is 12.8. The number of halogens is 1. The third kappa shape index (κ3) is 6.48. The van der Waals surface area contributed by atoms with Crippen molar-refractivity contribution in [3.8, 4) is 0 Å². The second-order valence-electron chi connectivity index (χ2n) is 9.53. The van der Waals surface area contributed by atoms with Gasteiger partial charge in [-0.1, -0.05) is 56.6 Å². The molecule has 0 radical (unpaired) electrons. The van der Waals surface area contributed by atoms with E-state index in [2.05, 4.69) is 10.6 Å². The fourth-order valence-electron chi connectivity index (χ4n) is 3.87. The Hall–Kier alpha value is -3.10. The Morgan fingerprint density at radius 3 is 2.53 bits per heavy atom. The van der Waals surface area contributed by atoms with Gasteiger partial charge in [0, 0.05) is 36.3 Å². The number of carbonyl (C=O) groups excluding carboxylic acids is 2. The van der Waals surface area contributed by atoms with Crippen molar-refractivity contribution in [2.75, 3.05) is 18.0 Å². The van der Waals surface area contributed by atoms with Gasteiger partial charge in [0.1, 0.15) is 6.10 Å². The molecule has 1 aliphatic rings. The Bertz CT molecular complexity index is 1080. The molecule has 34 heavy (non-hydrogen) atoms. The molecule has 0 saturated carbocycles. The number of hydrogen-bond acceptors (Lipinski definition) is 4. The van der Waals surface area contributed by atoms with Crippen molar-refractivity contribution < 1.29 is 24.2 Å². The van der Waals surface area contributed by atoms with Crippen molar-refractivity contribution >= 4 is 35.2 Å². The third-order valence-corrected chi connectivity index (χ3v) is 5.51. The number of carbonyl (C=O) groups is 3. The molecular weight excluding hydrogens is 458 g/mol. The lowest BCUT2D eigenvalue weighted by Crippen LogP contribution is -2.47. The van der Waals surface area contributed by atoms with Crippen LogP contribution in [0.5, 0.6) is 0 Å². The summed E-state index contributed by atoms with van der Waals surface area (Å²) in [6.45, 7) is 8.07. The predicted octanol–water partition coefficient (Wildman–Crippen LogP) is 4.11. The minimum Gasteiger partial charge on any atom is -0.465 e. The number of ether oxygens (including phenoxy) is 1. The highest BCUT2D eigenvalue weighted by Crippen LogP contribution is 2.40. The lowest BCUT2D eigenvalue weighted by molar-refractivity contribution is -0.131. The molecule has 2 aromatic carbocycles.